The molecular weight excluding hydrogens is 268 g/mol. The fourth-order valence-corrected chi connectivity index (χ4v) is 2.08. The third-order valence-corrected chi connectivity index (χ3v) is 3.00. The van der Waals surface area contributed by atoms with Crippen LogP contribution in [0.25, 0.3) is 10.9 Å². The summed E-state index contributed by atoms with van der Waals surface area (Å²) < 4.78 is 5.58. The lowest BCUT2D eigenvalue weighted by molar-refractivity contribution is 0.100. The van der Waals surface area contributed by atoms with Gasteiger partial charge in [0.25, 0.3) is 0 Å². The second-order valence-corrected chi connectivity index (χ2v) is 4.49. The fraction of sp³-hybridized carbons (Fsp3) is 0. The van der Waals surface area contributed by atoms with Crippen molar-refractivity contribution in [3.63, 3.8) is 0 Å². The van der Waals surface area contributed by atoms with E-state index in [4.69, 9.17) is 10.5 Å². The number of benzene rings is 2. The Hall–Kier alpha value is -3.08. The van der Waals surface area contributed by atoms with E-state index in [9.17, 15) is 9.90 Å². The maximum absolute atomic E-state index is 11.6. The smallest absolute Gasteiger partial charge is 0.249 e. The summed E-state index contributed by atoms with van der Waals surface area (Å²) in [6, 6.07) is 15.0. The molecule has 0 aliphatic carbocycles. The van der Waals surface area contributed by atoms with Crippen molar-refractivity contribution in [2.75, 3.05) is 0 Å². The van der Waals surface area contributed by atoms with E-state index in [1.165, 1.54) is 18.2 Å². The predicted octanol–water partition coefficient (Wildman–Crippen LogP) is 2.83. The first-order valence-corrected chi connectivity index (χ1v) is 6.30. The molecule has 0 atom stereocenters. The predicted molar refractivity (Wildman–Crippen MR) is 78.4 cm³/mol. The Morgan fingerprint density at radius 3 is 2.67 bits per heavy atom. The number of aromatic hydroxyl groups is 1. The van der Waals surface area contributed by atoms with Gasteiger partial charge in [0.2, 0.25) is 11.8 Å². The number of nitrogens with two attached hydrogens (primary N) is 1. The summed E-state index contributed by atoms with van der Waals surface area (Å²) in [5.74, 6) is 0.207. The molecule has 0 spiro atoms. The molecule has 0 saturated carbocycles. The van der Waals surface area contributed by atoms with Crippen molar-refractivity contribution in [3.05, 3.63) is 60.2 Å². The van der Waals surface area contributed by atoms with E-state index < -0.39 is 5.91 Å². The second kappa shape index (κ2) is 5.13. The van der Waals surface area contributed by atoms with Crippen LogP contribution < -0.4 is 10.5 Å². The molecule has 2 aromatic carbocycles. The number of hydrogen-bond donors (Lipinski definition) is 2. The van der Waals surface area contributed by atoms with Crippen molar-refractivity contribution in [2.45, 2.75) is 0 Å². The van der Waals surface area contributed by atoms with Crippen LogP contribution >= 0.6 is 0 Å². The maximum Gasteiger partial charge on any atom is 0.249 e. The minimum absolute atomic E-state index is 0.0865. The average molecular weight is 280 g/mol. The number of fused-ring (bicyclic) bond motifs is 1. The molecular formula is C16H12N2O3. The summed E-state index contributed by atoms with van der Waals surface area (Å²) in [4.78, 5) is 15.9. The monoisotopic (exact) mass is 280 g/mol. The van der Waals surface area contributed by atoms with E-state index in [1.807, 2.05) is 12.1 Å². The van der Waals surface area contributed by atoms with Crippen LogP contribution in [0.1, 0.15) is 10.4 Å². The summed E-state index contributed by atoms with van der Waals surface area (Å²) in [7, 11) is 0. The van der Waals surface area contributed by atoms with Crippen LogP contribution in [0.4, 0.5) is 0 Å². The standard InChI is InChI=1S/C16H12N2O3/c17-16(20)13-9-15(18-14-7-2-1-6-12(13)14)21-11-5-3-4-10(19)8-11/h1-9,19H,(H2,17,20). The average Bonchev–Trinajstić information content (AvgIpc) is 2.46. The van der Waals surface area contributed by atoms with E-state index in [2.05, 4.69) is 4.98 Å². The number of phenols is 1. The molecule has 1 aromatic heterocycles. The number of phenolic OH excluding ortho intramolecular Hbond substituents is 1. The van der Waals surface area contributed by atoms with Gasteiger partial charge in [-0.1, -0.05) is 24.3 Å². The lowest BCUT2D eigenvalue weighted by Crippen LogP contribution is -2.12. The van der Waals surface area contributed by atoms with E-state index in [1.54, 1.807) is 24.3 Å². The third kappa shape index (κ3) is 2.62. The summed E-state index contributed by atoms with van der Waals surface area (Å²) in [6.45, 7) is 0. The number of amides is 1. The molecule has 0 saturated heterocycles. The molecule has 0 aliphatic heterocycles. The van der Waals surface area contributed by atoms with Gasteiger partial charge in [-0.15, -0.1) is 0 Å². The Morgan fingerprint density at radius 1 is 1.10 bits per heavy atom. The molecule has 1 amide bonds. The van der Waals surface area contributed by atoms with Gasteiger partial charge in [-0.3, -0.25) is 4.79 Å². The number of pyridine rings is 1. The Bertz CT molecular complexity index is 831. The SMILES string of the molecule is NC(=O)c1cc(Oc2cccc(O)c2)nc2ccccc12. The quantitative estimate of drug-likeness (QED) is 0.772. The third-order valence-electron chi connectivity index (χ3n) is 3.00. The molecule has 5 heteroatoms. The molecule has 0 unspecified atom stereocenters. The van der Waals surface area contributed by atoms with Gasteiger partial charge < -0.3 is 15.6 Å². The Kier molecular flexibility index (Phi) is 3.16. The van der Waals surface area contributed by atoms with Crippen LogP contribution in [-0.2, 0) is 0 Å². The van der Waals surface area contributed by atoms with Gasteiger partial charge in [0, 0.05) is 17.5 Å². The van der Waals surface area contributed by atoms with Crippen LogP contribution in [-0.4, -0.2) is 16.0 Å². The molecule has 3 N–H and O–H groups in total. The number of aromatic nitrogens is 1. The van der Waals surface area contributed by atoms with Crippen molar-refractivity contribution in [1.29, 1.82) is 0 Å². The highest BCUT2D eigenvalue weighted by molar-refractivity contribution is 6.05. The molecule has 0 radical (unpaired) electrons. The van der Waals surface area contributed by atoms with Gasteiger partial charge in [-0.25, -0.2) is 4.98 Å². The zero-order valence-corrected chi connectivity index (χ0v) is 11.0. The first kappa shape index (κ1) is 12.9. The van der Waals surface area contributed by atoms with Crippen molar-refractivity contribution in [1.82, 2.24) is 4.98 Å². The number of primary amides is 1. The first-order valence-electron chi connectivity index (χ1n) is 6.30. The van der Waals surface area contributed by atoms with Crippen LogP contribution in [0, 0.1) is 0 Å². The normalized spacial score (nSPS) is 10.5. The van der Waals surface area contributed by atoms with E-state index in [0.717, 1.165) is 0 Å². The number of nitrogens with zero attached hydrogens (tertiary/aromatic N) is 1. The molecule has 0 bridgehead atoms. The molecule has 21 heavy (non-hydrogen) atoms. The van der Waals surface area contributed by atoms with E-state index in [-0.39, 0.29) is 11.6 Å². The number of rotatable bonds is 3. The molecule has 3 aromatic rings. The van der Waals surface area contributed by atoms with Gasteiger partial charge >= 0.3 is 0 Å². The topological polar surface area (TPSA) is 85.4 Å². The highest BCUT2D eigenvalue weighted by Crippen LogP contribution is 2.27. The number of carbonyl (C=O) groups excluding carboxylic acids is 1. The lowest BCUT2D eigenvalue weighted by atomic mass is 10.1. The van der Waals surface area contributed by atoms with Gasteiger partial charge in [0.15, 0.2) is 0 Å². The van der Waals surface area contributed by atoms with Crippen LogP contribution in [0.3, 0.4) is 0 Å². The number of hydrogen-bond acceptors (Lipinski definition) is 4. The van der Waals surface area contributed by atoms with E-state index in [0.29, 0.717) is 22.2 Å². The van der Waals surface area contributed by atoms with E-state index >= 15 is 0 Å². The highest BCUT2D eigenvalue weighted by Gasteiger charge is 2.11. The van der Waals surface area contributed by atoms with Crippen molar-refractivity contribution < 1.29 is 14.6 Å². The second-order valence-electron chi connectivity index (χ2n) is 4.49. The van der Waals surface area contributed by atoms with Crippen molar-refractivity contribution in [2.24, 2.45) is 5.73 Å². The van der Waals surface area contributed by atoms with Gasteiger partial charge in [-0.05, 0) is 18.2 Å². The fourth-order valence-electron chi connectivity index (χ4n) is 2.08. The summed E-state index contributed by atoms with van der Waals surface area (Å²) in [5.41, 5.74) is 6.36. The summed E-state index contributed by atoms with van der Waals surface area (Å²) in [6.07, 6.45) is 0. The van der Waals surface area contributed by atoms with Crippen LogP contribution in [0.5, 0.6) is 17.4 Å². The molecule has 0 aliphatic rings. The van der Waals surface area contributed by atoms with Gasteiger partial charge in [0.1, 0.15) is 11.5 Å². The van der Waals surface area contributed by atoms with Crippen LogP contribution in [0.15, 0.2) is 54.6 Å². The molecule has 3 rings (SSSR count). The number of para-hydroxylation sites is 1. The molecule has 104 valence electrons. The molecule has 5 nitrogen and oxygen atoms in total. The Labute approximate surface area is 120 Å². The summed E-state index contributed by atoms with van der Waals surface area (Å²) >= 11 is 0. The number of ether oxygens (including phenoxy) is 1. The summed E-state index contributed by atoms with van der Waals surface area (Å²) in [5, 5.41) is 10.1. The maximum atomic E-state index is 11.6. The Balaban J connectivity index is 2.09. The minimum Gasteiger partial charge on any atom is -0.508 e. The minimum atomic E-state index is -0.547. The zero-order valence-electron chi connectivity index (χ0n) is 11.0. The molecule has 0 fully saturated rings. The van der Waals surface area contributed by atoms with Crippen molar-refractivity contribution >= 4 is 16.8 Å². The van der Waals surface area contributed by atoms with Gasteiger partial charge in [0.05, 0.1) is 11.1 Å². The number of carbonyl (C=O) groups is 1. The Morgan fingerprint density at radius 2 is 1.90 bits per heavy atom. The zero-order chi connectivity index (χ0) is 14.8. The lowest BCUT2D eigenvalue weighted by Gasteiger charge is -2.08. The van der Waals surface area contributed by atoms with Crippen molar-refractivity contribution in [3.8, 4) is 17.4 Å². The van der Waals surface area contributed by atoms with Crippen LogP contribution in [0.2, 0.25) is 0 Å². The van der Waals surface area contributed by atoms with Gasteiger partial charge in [-0.2, -0.15) is 0 Å². The molecule has 1 heterocycles. The first-order chi connectivity index (χ1) is 10.1. The highest BCUT2D eigenvalue weighted by atomic mass is 16.5. The largest absolute Gasteiger partial charge is 0.508 e.